The number of para-hydroxylation sites is 1. The van der Waals surface area contributed by atoms with E-state index in [1.165, 1.54) is 0 Å². The fourth-order valence-corrected chi connectivity index (χ4v) is 3.79. The Bertz CT molecular complexity index is 658. The predicted octanol–water partition coefficient (Wildman–Crippen LogP) is 0.431. The number of hydrogen-bond donors (Lipinski definition) is 1. The normalized spacial score (nSPS) is 19.8. The lowest BCUT2D eigenvalue weighted by atomic mass is 10.1. The Labute approximate surface area is 172 Å². The Morgan fingerprint density at radius 2 is 1.86 bits per heavy atom. The maximum Gasteiger partial charge on any atom is 0.219 e. The highest BCUT2D eigenvalue weighted by molar-refractivity contribution is 5.73. The second-order valence-electron chi connectivity index (χ2n) is 7.61. The number of carbonyl (C=O) groups excluding carboxylic acids is 1. The van der Waals surface area contributed by atoms with Crippen LogP contribution >= 0.6 is 0 Å². The molecule has 0 aliphatic carbocycles. The molecule has 8 heteroatoms. The van der Waals surface area contributed by atoms with Gasteiger partial charge in [-0.05, 0) is 6.07 Å². The van der Waals surface area contributed by atoms with Crippen LogP contribution in [-0.4, -0.2) is 105 Å². The van der Waals surface area contributed by atoms with Gasteiger partial charge in [0.05, 0.1) is 20.3 Å². The molecule has 1 N–H and O–H groups in total. The first-order chi connectivity index (χ1) is 14.1. The molecule has 3 rings (SSSR count). The van der Waals surface area contributed by atoms with Crippen molar-refractivity contribution in [3.8, 4) is 11.5 Å². The molecule has 1 atom stereocenters. The molecule has 0 saturated carbocycles. The lowest BCUT2D eigenvalue weighted by molar-refractivity contribution is -0.130. The molecule has 0 radical (unpaired) electrons. The number of nitrogens with zero attached hydrogens (tertiary/aromatic N) is 3. The van der Waals surface area contributed by atoms with E-state index in [-0.39, 0.29) is 12.5 Å². The summed E-state index contributed by atoms with van der Waals surface area (Å²) in [6.45, 7) is 9.36. The van der Waals surface area contributed by atoms with Gasteiger partial charge in [0.2, 0.25) is 5.91 Å². The van der Waals surface area contributed by atoms with Gasteiger partial charge in [0.15, 0.2) is 11.5 Å². The summed E-state index contributed by atoms with van der Waals surface area (Å²) in [6, 6.07) is 5.86. The van der Waals surface area contributed by atoms with Crippen LogP contribution in [0.3, 0.4) is 0 Å². The van der Waals surface area contributed by atoms with Crippen LogP contribution < -0.4 is 9.47 Å². The third-order valence-electron chi connectivity index (χ3n) is 5.48. The third-order valence-corrected chi connectivity index (χ3v) is 5.48. The van der Waals surface area contributed by atoms with Gasteiger partial charge in [-0.25, -0.2) is 0 Å². The number of rotatable bonds is 8. The van der Waals surface area contributed by atoms with Gasteiger partial charge in [-0.15, -0.1) is 0 Å². The molecule has 1 amide bonds. The van der Waals surface area contributed by atoms with Crippen molar-refractivity contribution in [1.82, 2.24) is 14.7 Å². The van der Waals surface area contributed by atoms with Crippen molar-refractivity contribution in [2.24, 2.45) is 0 Å². The molecular formula is C21H33N3O5. The first-order valence-electron chi connectivity index (χ1n) is 10.3. The van der Waals surface area contributed by atoms with Crippen LogP contribution in [0.15, 0.2) is 18.2 Å². The number of morpholine rings is 1. The number of β-amino-alcohol motifs (C(OH)–C–C–N with tert-alkyl or cyclic N) is 1. The largest absolute Gasteiger partial charge is 0.493 e. The van der Waals surface area contributed by atoms with Crippen LogP contribution in [0.2, 0.25) is 0 Å². The molecule has 1 aromatic carbocycles. The molecule has 8 nitrogen and oxygen atoms in total. The van der Waals surface area contributed by atoms with Crippen molar-refractivity contribution in [1.29, 1.82) is 0 Å². The predicted molar refractivity (Wildman–Crippen MR) is 109 cm³/mol. The van der Waals surface area contributed by atoms with Gasteiger partial charge in [-0.1, -0.05) is 12.1 Å². The average molecular weight is 408 g/mol. The number of piperazine rings is 1. The van der Waals surface area contributed by atoms with Gasteiger partial charge in [0, 0.05) is 64.8 Å². The van der Waals surface area contributed by atoms with Crippen molar-refractivity contribution in [3.63, 3.8) is 0 Å². The zero-order valence-corrected chi connectivity index (χ0v) is 17.5. The Hall–Kier alpha value is -1.87. The average Bonchev–Trinajstić information content (AvgIpc) is 2.73. The summed E-state index contributed by atoms with van der Waals surface area (Å²) in [5.41, 5.74) is 1.03. The topological polar surface area (TPSA) is 74.7 Å². The van der Waals surface area contributed by atoms with Crippen LogP contribution in [0, 0.1) is 0 Å². The summed E-state index contributed by atoms with van der Waals surface area (Å²) in [5.74, 6) is 1.48. The molecule has 0 unspecified atom stereocenters. The van der Waals surface area contributed by atoms with Gasteiger partial charge < -0.3 is 24.2 Å². The number of amides is 1. The summed E-state index contributed by atoms with van der Waals surface area (Å²) in [4.78, 5) is 17.9. The fraction of sp³-hybridized carbons (Fsp3) is 0.667. The quantitative estimate of drug-likeness (QED) is 0.670. The van der Waals surface area contributed by atoms with E-state index in [4.69, 9.17) is 14.2 Å². The lowest BCUT2D eigenvalue weighted by Crippen LogP contribution is -2.47. The first-order valence-corrected chi connectivity index (χ1v) is 10.3. The second-order valence-corrected chi connectivity index (χ2v) is 7.61. The van der Waals surface area contributed by atoms with Crippen LogP contribution in [0.1, 0.15) is 12.5 Å². The molecular weight excluding hydrogens is 374 g/mol. The smallest absolute Gasteiger partial charge is 0.219 e. The Balaban J connectivity index is 1.58. The van der Waals surface area contributed by atoms with Crippen LogP contribution in [0.4, 0.5) is 0 Å². The van der Waals surface area contributed by atoms with Gasteiger partial charge in [0.25, 0.3) is 0 Å². The van der Waals surface area contributed by atoms with Crippen molar-refractivity contribution >= 4 is 5.91 Å². The SMILES string of the molecule is COc1cccc(CN2CCN(C(C)=O)CC2)c1OC[C@H](O)CN1CCOCC1. The van der Waals surface area contributed by atoms with Gasteiger partial charge >= 0.3 is 0 Å². The number of aliphatic hydroxyl groups is 1. The van der Waals surface area contributed by atoms with Crippen molar-refractivity contribution in [2.45, 2.75) is 19.6 Å². The summed E-state index contributed by atoms with van der Waals surface area (Å²) in [5, 5.41) is 10.4. The van der Waals surface area contributed by atoms with Crippen molar-refractivity contribution in [2.75, 3.05) is 72.7 Å². The highest BCUT2D eigenvalue weighted by Gasteiger charge is 2.22. The molecule has 2 aliphatic heterocycles. The van der Waals surface area contributed by atoms with E-state index < -0.39 is 6.10 Å². The fourth-order valence-electron chi connectivity index (χ4n) is 3.79. The van der Waals surface area contributed by atoms with E-state index in [1.54, 1.807) is 14.0 Å². The molecule has 2 fully saturated rings. The van der Waals surface area contributed by atoms with E-state index in [0.717, 1.165) is 51.4 Å². The van der Waals surface area contributed by atoms with Crippen LogP contribution in [-0.2, 0) is 16.1 Å². The molecule has 0 aromatic heterocycles. The zero-order valence-electron chi connectivity index (χ0n) is 17.5. The van der Waals surface area contributed by atoms with E-state index in [9.17, 15) is 9.90 Å². The number of methoxy groups -OCH3 is 1. The van der Waals surface area contributed by atoms with Crippen molar-refractivity contribution < 1.29 is 24.1 Å². The highest BCUT2D eigenvalue weighted by Crippen LogP contribution is 2.32. The molecule has 1 aromatic rings. The summed E-state index contributed by atoms with van der Waals surface area (Å²) >= 11 is 0. The van der Waals surface area contributed by atoms with Gasteiger partial charge in [-0.3, -0.25) is 14.6 Å². The minimum Gasteiger partial charge on any atom is -0.493 e. The molecule has 2 heterocycles. The summed E-state index contributed by atoms with van der Waals surface area (Å²) in [6.07, 6.45) is -0.579. The zero-order chi connectivity index (χ0) is 20.6. The number of ether oxygens (including phenoxy) is 3. The summed E-state index contributed by atoms with van der Waals surface area (Å²) in [7, 11) is 1.63. The van der Waals surface area contributed by atoms with Crippen LogP contribution in [0.25, 0.3) is 0 Å². The van der Waals surface area contributed by atoms with E-state index in [2.05, 4.69) is 9.80 Å². The number of aliphatic hydroxyl groups excluding tert-OH is 1. The molecule has 0 spiro atoms. The van der Waals surface area contributed by atoms with Crippen LogP contribution in [0.5, 0.6) is 11.5 Å². The second kappa shape index (κ2) is 10.8. The standard InChI is InChI=1S/C21H33N3O5/c1-17(25)24-8-6-22(7-9-24)14-18-4-3-5-20(27-2)21(18)29-16-19(26)15-23-10-12-28-13-11-23/h3-5,19,26H,6-16H2,1-2H3/t19-/m1/s1. The Morgan fingerprint density at radius 1 is 1.14 bits per heavy atom. The minimum absolute atomic E-state index is 0.129. The summed E-state index contributed by atoms with van der Waals surface area (Å²) < 4.78 is 16.9. The molecule has 29 heavy (non-hydrogen) atoms. The number of carbonyl (C=O) groups is 1. The van der Waals surface area contributed by atoms with E-state index in [1.807, 2.05) is 23.1 Å². The molecule has 162 valence electrons. The lowest BCUT2D eigenvalue weighted by Gasteiger charge is -2.34. The minimum atomic E-state index is -0.579. The highest BCUT2D eigenvalue weighted by atomic mass is 16.5. The maximum atomic E-state index is 11.5. The van der Waals surface area contributed by atoms with Crippen molar-refractivity contribution in [3.05, 3.63) is 23.8 Å². The van der Waals surface area contributed by atoms with E-state index >= 15 is 0 Å². The molecule has 2 saturated heterocycles. The Morgan fingerprint density at radius 3 is 2.52 bits per heavy atom. The third kappa shape index (κ3) is 6.30. The molecule has 2 aliphatic rings. The monoisotopic (exact) mass is 407 g/mol. The molecule has 0 bridgehead atoms. The first kappa shape index (κ1) is 21.8. The Kier molecular flexibility index (Phi) is 8.11. The van der Waals surface area contributed by atoms with E-state index in [0.29, 0.717) is 31.3 Å². The number of hydrogen-bond acceptors (Lipinski definition) is 7. The van der Waals surface area contributed by atoms with Gasteiger partial charge in [-0.2, -0.15) is 0 Å². The van der Waals surface area contributed by atoms with Gasteiger partial charge in [0.1, 0.15) is 12.7 Å². The maximum absolute atomic E-state index is 11.5. The number of benzene rings is 1.